The van der Waals surface area contributed by atoms with Crippen molar-refractivity contribution in [1.29, 1.82) is 0 Å². The van der Waals surface area contributed by atoms with E-state index in [1.807, 2.05) is 32.9 Å². The van der Waals surface area contributed by atoms with E-state index in [0.717, 1.165) is 11.1 Å². The first-order valence-electron chi connectivity index (χ1n) is 6.18. The largest absolute Gasteiger partial charge is 0.330 e. The van der Waals surface area contributed by atoms with Crippen LogP contribution in [-0.4, -0.2) is 21.5 Å². The molecule has 18 heavy (non-hydrogen) atoms. The van der Waals surface area contributed by atoms with Crippen LogP contribution in [0.25, 0.3) is 0 Å². The molecule has 1 aromatic rings. The highest BCUT2D eigenvalue weighted by atomic mass is 32.2. The van der Waals surface area contributed by atoms with Gasteiger partial charge in [-0.15, -0.1) is 0 Å². The van der Waals surface area contributed by atoms with Gasteiger partial charge >= 0.3 is 0 Å². The topological polar surface area (TPSA) is 72.2 Å². The summed E-state index contributed by atoms with van der Waals surface area (Å²) in [4.78, 5) is 0.366. The van der Waals surface area contributed by atoms with Gasteiger partial charge in [-0.1, -0.05) is 26.0 Å². The average Bonchev–Trinajstić information content (AvgIpc) is 2.29. The van der Waals surface area contributed by atoms with E-state index in [4.69, 9.17) is 5.73 Å². The molecule has 3 N–H and O–H groups in total. The molecule has 0 saturated heterocycles. The summed E-state index contributed by atoms with van der Waals surface area (Å²) in [6, 6.07) is 5.58. The molecule has 1 rings (SSSR count). The maximum Gasteiger partial charge on any atom is 0.240 e. The summed E-state index contributed by atoms with van der Waals surface area (Å²) in [5.41, 5.74) is 7.15. The van der Waals surface area contributed by atoms with Crippen LogP contribution >= 0.6 is 0 Å². The normalized spacial score (nSPS) is 12.1. The number of nitrogens with one attached hydrogen (secondary N) is 1. The van der Waals surface area contributed by atoms with Gasteiger partial charge < -0.3 is 5.73 Å². The van der Waals surface area contributed by atoms with Gasteiger partial charge in [0.1, 0.15) is 0 Å². The zero-order valence-electron chi connectivity index (χ0n) is 11.2. The van der Waals surface area contributed by atoms with Crippen molar-refractivity contribution < 1.29 is 8.42 Å². The first-order valence-corrected chi connectivity index (χ1v) is 7.67. The summed E-state index contributed by atoms with van der Waals surface area (Å²) in [6.07, 6.45) is 0.641. The summed E-state index contributed by atoms with van der Waals surface area (Å²) in [7, 11) is -3.42. The van der Waals surface area contributed by atoms with Crippen LogP contribution in [0.5, 0.6) is 0 Å². The highest BCUT2D eigenvalue weighted by molar-refractivity contribution is 7.89. The highest BCUT2D eigenvalue weighted by Crippen LogP contribution is 2.21. The van der Waals surface area contributed by atoms with Crippen LogP contribution in [0.15, 0.2) is 23.1 Å². The monoisotopic (exact) mass is 270 g/mol. The molecule has 0 heterocycles. The van der Waals surface area contributed by atoms with Crippen molar-refractivity contribution in [3.63, 3.8) is 0 Å². The number of aryl methyl sites for hydroxylation is 1. The molecule has 0 unspecified atom stereocenters. The fourth-order valence-corrected chi connectivity index (χ4v) is 3.00. The van der Waals surface area contributed by atoms with Crippen LogP contribution in [0.3, 0.4) is 0 Å². The smallest absolute Gasteiger partial charge is 0.240 e. The Kier molecular flexibility index (Phi) is 5.31. The molecule has 0 atom stereocenters. The van der Waals surface area contributed by atoms with Gasteiger partial charge in [0.15, 0.2) is 0 Å². The number of hydrogen-bond acceptors (Lipinski definition) is 3. The molecule has 4 nitrogen and oxygen atoms in total. The summed E-state index contributed by atoms with van der Waals surface area (Å²) < 4.78 is 26.9. The van der Waals surface area contributed by atoms with Crippen molar-refractivity contribution in [2.75, 3.05) is 13.1 Å². The van der Waals surface area contributed by atoms with E-state index in [0.29, 0.717) is 30.3 Å². The third-order valence-corrected chi connectivity index (χ3v) is 4.44. The van der Waals surface area contributed by atoms with Gasteiger partial charge in [-0.25, -0.2) is 13.1 Å². The predicted octanol–water partition coefficient (Wildman–Crippen LogP) is 1.75. The van der Waals surface area contributed by atoms with Crippen LogP contribution in [0.1, 0.15) is 37.3 Å². The molecule has 0 aliphatic carbocycles. The zero-order valence-corrected chi connectivity index (χ0v) is 12.0. The van der Waals surface area contributed by atoms with Gasteiger partial charge in [0.25, 0.3) is 0 Å². The minimum Gasteiger partial charge on any atom is -0.330 e. The fourth-order valence-electron chi connectivity index (χ4n) is 1.65. The molecule has 0 spiro atoms. The Bertz CT molecular complexity index is 496. The molecule has 0 amide bonds. The van der Waals surface area contributed by atoms with Crippen molar-refractivity contribution in [1.82, 2.24) is 4.72 Å². The maximum atomic E-state index is 12.2. The third-order valence-electron chi connectivity index (χ3n) is 2.84. The van der Waals surface area contributed by atoms with Crippen LogP contribution < -0.4 is 10.5 Å². The summed E-state index contributed by atoms with van der Waals surface area (Å²) >= 11 is 0. The first-order chi connectivity index (χ1) is 8.38. The van der Waals surface area contributed by atoms with Crippen molar-refractivity contribution in [2.24, 2.45) is 5.73 Å². The zero-order chi connectivity index (χ0) is 13.8. The molecule has 0 saturated carbocycles. The third kappa shape index (κ3) is 3.80. The van der Waals surface area contributed by atoms with Gasteiger partial charge in [0.2, 0.25) is 10.0 Å². The minimum atomic E-state index is -3.42. The standard InChI is InChI=1S/C13H22N2O2S/c1-10(2)12-6-5-11(3)13(9-12)18(16,17)15-8-4-7-14/h5-6,9-10,15H,4,7-8,14H2,1-3H3. The SMILES string of the molecule is Cc1ccc(C(C)C)cc1S(=O)(=O)NCCCN. The lowest BCUT2D eigenvalue weighted by atomic mass is 10.0. The van der Waals surface area contributed by atoms with Crippen molar-refractivity contribution >= 4 is 10.0 Å². The quantitative estimate of drug-likeness (QED) is 0.773. The number of sulfonamides is 1. The van der Waals surface area contributed by atoms with Gasteiger partial charge in [-0.05, 0) is 43.0 Å². The fraction of sp³-hybridized carbons (Fsp3) is 0.538. The van der Waals surface area contributed by atoms with Crippen molar-refractivity contribution in [3.05, 3.63) is 29.3 Å². The second-order valence-corrected chi connectivity index (χ2v) is 6.46. The lowest BCUT2D eigenvalue weighted by Gasteiger charge is -2.12. The van der Waals surface area contributed by atoms with Crippen LogP contribution in [0, 0.1) is 6.92 Å². The first kappa shape index (κ1) is 15.1. The van der Waals surface area contributed by atoms with Gasteiger partial charge in [-0.3, -0.25) is 0 Å². The molecule has 0 aliphatic heterocycles. The molecule has 5 heteroatoms. The van der Waals surface area contributed by atoms with Gasteiger partial charge in [-0.2, -0.15) is 0 Å². The Hall–Kier alpha value is -0.910. The molecule has 1 aromatic carbocycles. The average molecular weight is 270 g/mol. The second kappa shape index (κ2) is 6.31. The molecule has 0 fully saturated rings. The van der Waals surface area contributed by atoms with E-state index in [-0.39, 0.29) is 0 Å². The van der Waals surface area contributed by atoms with E-state index >= 15 is 0 Å². The van der Waals surface area contributed by atoms with E-state index in [1.165, 1.54) is 0 Å². The van der Waals surface area contributed by atoms with Gasteiger partial charge in [0.05, 0.1) is 4.90 Å². The molecule has 0 aromatic heterocycles. The Morgan fingerprint density at radius 1 is 1.33 bits per heavy atom. The van der Waals surface area contributed by atoms with E-state index < -0.39 is 10.0 Å². The minimum absolute atomic E-state index is 0.309. The molecular formula is C13H22N2O2S. The van der Waals surface area contributed by atoms with Crippen molar-refractivity contribution in [2.45, 2.75) is 38.0 Å². The molecule has 0 bridgehead atoms. The summed E-state index contributed by atoms with van der Waals surface area (Å²) in [5.74, 6) is 0.309. The Balaban J connectivity index is 3.03. The number of benzene rings is 1. The van der Waals surface area contributed by atoms with Crippen molar-refractivity contribution in [3.8, 4) is 0 Å². The van der Waals surface area contributed by atoms with E-state index in [1.54, 1.807) is 6.07 Å². The number of hydrogen-bond donors (Lipinski definition) is 2. The molecule has 102 valence electrons. The predicted molar refractivity (Wildman–Crippen MR) is 74.1 cm³/mol. The lowest BCUT2D eigenvalue weighted by Crippen LogP contribution is -2.27. The van der Waals surface area contributed by atoms with Crippen LogP contribution in [0.4, 0.5) is 0 Å². The van der Waals surface area contributed by atoms with E-state index in [2.05, 4.69) is 4.72 Å². The maximum absolute atomic E-state index is 12.2. The molecular weight excluding hydrogens is 248 g/mol. The number of rotatable bonds is 6. The summed E-state index contributed by atoms with van der Waals surface area (Å²) in [5, 5.41) is 0. The molecule has 0 aliphatic rings. The van der Waals surface area contributed by atoms with Crippen LogP contribution in [0.2, 0.25) is 0 Å². The Labute approximate surface area is 110 Å². The van der Waals surface area contributed by atoms with Crippen LogP contribution in [-0.2, 0) is 10.0 Å². The van der Waals surface area contributed by atoms with Gasteiger partial charge in [0, 0.05) is 6.54 Å². The van der Waals surface area contributed by atoms with E-state index in [9.17, 15) is 8.42 Å². The number of nitrogens with two attached hydrogens (primary N) is 1. The Morgan fingerprint density at radius 2 is 2.00 bits per heavy atom. The highest BCUT2D eigenvalue weighted by Gasteiger charge is 2.17. The second-order valence-electron chi connectivity index (χ2n) is 4.72. The molecule has 0 radical (unpaired) electrons. The summed E-state index contributed by atoms with van der Waals surface area (Å²) in [6.45, 7) is 6.76. The Morgan fingerprint density at radius 3 is 2.56 bits per heavy atom. The lowest BCUT2D eigenvalue weighted by molar-refractivity contribution is 0.578.